The van der Waals surface area contributed by atoms with Gasteiger partial charge < -0.3 is 20.5 Å². The summed E-state index contributed by atoms with van der Waals surface area (Å²) in [6.45, 7) is 1.11. The quantitative estimate of drug-likeness (QED) is 0.652. The van der Waals surface area contributed by atoms with Gasteiger partial charge in [-0.15, -0.1) is 0 Å². The first-order chi connectivity index (χ1) is 12.5. The Morgan fingerprint density at radius 1 is 1.15 bits per heavy atom. The molecule has 3 N–H and O–H groups in total. The van der Waals surface area contributed by atoms with Crippen molar-refractivity contribution in [3.8, 4) is 5.75 Å². The van der Waals surface area contributed by atoms with E-state index >= 15 is 0 Å². The molecule has 3 rings (SSSR count). The van der Waals surface area contributed by atoms with Crippen LogP contribution in [0.4, 0.5) is 0 Å². The van der Waals surface area contributed by atoms with E-state index in [0.717, 1.165) is 17.5 Å². The van der Waals surface area contributed by atoms with Crippen LogP contribution >= 0.6 is 0 Å². The van der Waals surface area contributed by atoms with Crippen LogP contribution in [0.2, 0.25) is 0 Å². The molecule has 0 saturated heterocycles. The summed E-state index contributed by atoms with van der Waals surface area (Å²) in [4.78, 5) is 25.5. The molecular weight excluding hydrogens is 332 g/mol. The van der Waals surface area contributed by atoms with E-state index in [-0.39, 0.29) is 5.91 Å². The highest BCUT2D eigenvalue weighted by molar-refractivity contribution is 5.95. The molecule has 1 heterocycles. The average Bonchev–Trinajstić information content (AvgIpc) is 2.66. The topological polar surface area (TPSA) is 92.9 Å². The van der Waals surface area contributed by atoms with Crippen LogP contribution in [0.15, 0.2) is 48.2 Å². The Kier molecular flexibility index (Phi) is 4.93. The molecule has 2 aromatic carbocycles. The third-order valence-electron chi connectivity index (χ3n) is 4.42. The summed E-state index contributed by atoms with van der Waals surface area (Å²) < 4.78 is 5.12. The second-order valence-electron chi connectivity index (χ2n) is 6.13. The van der Waals surface area contributed by atoms with Crippen LogP contribution in [0.3, 0.4) is 0 Å². The van der Waals surface area contributed by atoms with Gasteiger partial charge in [-0.25, -0.2) is 0 Å². The molecule has 2 aromatic rings. The molecule has 0 bridgehead atoms. The summed E-state index contributed by atoms with van der Waals surface area (Å²) in [7, 11) is 1.58. The predicted molar refractivity (Wildman–Crippen MR) is 97.7 cm³/mol. The molecule has 6 heteroatoms. The zero-order valence-corrected chi connectivity index (χ0v) is 14.4. The number of carbonyl (C=O) groups is 2. The number of aliphatic hydroxyl groups excluding tert-OH is 1. The highest BCUT2D eigenvalue weighted by Gasteiger charge is 2.22. The number of nitrogens with zero attached hydrogens (tertiary/aromatic N) is 1. The minimum atomic E-state index is -0.876. The van der Waals surface area contributed by atoms with Gasteiger partial charge in [0, 0.05) is 18.7 Å². The SMILES string of the molecule is COc1ccc(C(=O)N2CCc3ccc(C=C(O)C(N)=O)cc3C2)cc1. The van der Waals surface area contributed by atoms with Gasteiger partial charge in [-0.1, -0.05) is 12.1 Å². The van der Waals surface area contributed by atoms with E-state index in [1.807, 2.05) is 18.2 Å². The molecule has 0 fully saturated rings. The summed E-state index contributed by atoms with van der Waals surface area (Å²) in [5.41, 5.74) is 8.47. The highest BCUT2D eigenvalue weighted by Crippen LogP contribution is 2.23. The van der Waals surface area contributed by atoms with E-state index in [1.165, 1.54) is 6.08 Å². The van der Waals surface area contributed by atoms with Crippen LogP contribution in [-0.4, -0.2) is 35.5 Å². The number of amides is 2. The molecule has 0 atom stereocenters. The molecular formula is C20H20N2O4. The van der Waals surface area contributed by atoms with Gasteiger partial charge in [0.2, 0.25) is 0 Å². The maximum atomic E-state index is 12.7. The summed E-state index contributed by atoms with van der Waals surface area (Å²) in [5.74, 6) is -0.707. The Morgan fingerprint density at radius 2 is 1.88 bits per heavy atom. The fraction of sp³-hybridized carbons (Fsp3) is 0.200. The molecule has 1 aliphatic heterocycles. The van der Waals surface area contributed by atoms with Crippen LogP contribution in [0.5, 0.6) is 5.75 Å². The highest BCUT2D eigenvalue weighted by atomic mass is 16.5. The minimum Gasteiger partial charge on any atom is -0.503 e. The molecule has 6 nitrogen and oxygen atoms in total. The maximum Gasteiger partial charge on any atom is 0.283 e. The molecule has 0 unspecified atom stereocenters. The number of benzene rings is 2. The lowest BCUT2D eigenvalue weighted by molar-refractivity contribution is -0.116. The number of fused-ring (bicyclic) bond motifs is 1. The van der Waals surface area contributed by atoms with Gasteiger partial charge in [0.05, 0.1) is 7.11 Å². The lowest BCUT2D eigenvalue weighted by Crippen LogP contribution is -2.36. The minimum absolute atomic E-state index is 0.0424. The van der Waals surface area contributed by atoms with Crippen molar-refractivity contribution in [3.63, 3.8) is 0 Å². The molecule has 26 heavy (non-hydrogen) atoms. The van der Waals surface area contributed by atoms with Crippen molar-refractivity contribution in [2.75, 3.05) is 13.7 Å². The molecule has 1 aliphatic rings. The summed E-state index contributed by atoms with van der Waals surface area (Å²) in [5, 5.41) is 9.53. The van der Waals surface area contributed by atoms with Gasteiger partial charge in [-0.2, -0.15) is 0 Å². The smallest absolute Gasteiger partial charge is 0.283 e. The average molecular weight is 352 g/mol. The van der Waals surface area contributed by atoms with Crippen LogP contribution in [0.1, 0.15) is 27.0 Å². The third-order valence-corrected chi connectivity index (χ3v) is 4.42. The van der Waals surface area contributed by atoms with Crippen molar-refractivity contribution < 1.29 is 19.4 Å². The van der Waals surface area contributed by atoms with Crippen LogP contribution in [-0.2, 0) is 17.8 Å². The fourth-order valence-electron chi connectivity index (χ4n) is 2.99. The summed E-state index contributed by atoms with van der Waals surface area (Å²) >= 11 is 0. The Hall–Kier alpha value is -3.28. The molecule has 0 aliphatic carbocycles. The number of methoxy groups -OCH3 is 1. The van der Waals surface area contributed by atoms with Gasteiger partial charge in [0.25, 0.3) is 11.8 Å². The van der Waals surface area contributed by atoms with Gasteiger partial charge >= 0.3 is 0 Å². The normalized spacial score (nSPS) is 13.9. The second-order valence-corrected chi connectivity index (χ2v) is 6.13. The maximum absolute atomic E-state index is 12.7. The van der Waals surface area contributed by atoms with Gasteiger partial charge in [0.1, 0.15) is 5.75 Å². The first-order valence-electron chi connectivity index (χ1n) is 8.23. The standard InChI is InChI=1S/C20H20N2O4/c1-26-17-6-4-15(5-7-17)20(25)22-9-8-14-3-2-13(10-16(14)12-22)11-18(23)19(21)24/h2-7,10-11,23H,8-9,12H2,1H3,(H2,21,24). The number of carbonyl (C=O) groups excluding carboxylic acids is 2. The fourth-order valence-corrected chi connectivity index (χ4v) is 2.99. The number of hydrogen-bond donors (Lipinski definition) is 2. The molecule has 0 saturated carbocycles. The second kappa shape index (κ2) is 7.31. The van der Waals surface area contributed by atoms with E-state index in [0.29, 0.717) is 30.0 Å². The molecule has 0 aromatic heterocycles. The number of primary amides is 1. The van der Waals surface area contributed by atoms with Crippen molar-refractivity contribution in [2.45, 2.75) is 13.0 Å². The van der Waals surface area contributed by atoms with E-state index in [1.54, 1.807) is 36.3 Å². The first-order valence-corrected chi connectivity index (χ1v) is 8.23. The Morgan fingerprint density at radius 3 is 2.54 bits per heavy atom. The van der Waals surface area contributed by atoms with Crippen LogP contribution in [0.25, 0.3) is 6.08 Å². The lowest BCUT2D eigenvalue weighted by atomic mass is 9.96. The molecule has 134 valence electrons. The van der Waals surface area contributed by atoms with Crippen molar-refractivity contribution >= 4 is 17.9 Å². The number of ether oxygens (including phenoxy) is 1. The largest absolute Gasteiger partial charge is 0.503 e. The molecule has 2 amide bonds. The van der Waals surface area contributed by atoms with Crippen molar-refractivity contribution in [3.05, 3.63) is 70.5 Å². The zero-order valence-electron chi connectivity index (χ0n) is 14.4. The molecule has 0 spiro atoms. The van der Waals surface area contributed by atoms with Crippen molar-refractivity contribution in [2.24, 2.45) is 5.73 Å². The predicted octanol–water partition coefficient (Wildman–Crippen LogP) is 2.28. The number of rotatable bonds is 4. The summed E-state index contributed by atoms with van der Waals surface area (Å²) in [6.07, 6.45) is 2.08. The number of hydrogen-bond acceptors (Lipinski definition) is 4. The van der Waals surface area contributed by atoms with Crippen molar-refractivity contribution in [1.29, 1.82) is 0 Å². The van der Waals surface area contributed by atoms with Crippen LogP contribution < -0.4 is 10.5 Å². The first kappa shape index (κ1) is 17.5. The van der Waals surface area contributed by atoms with Crippen molar-refractivity contribution in [1.82, 2.24) is 4.90 Å². The monoisotopic (exact) mass is 352 g/mol. The zero-order chi connectivity index (χ0) is 18.7. The Bertz CT molecular complexity index is 872. The van der Waals surface area contributed by atoms with E-state index < -0.39 is 11.7 Å². The lowest BCUT2D eigenvalue weighted by Gasteiger charge is -2.29. The third kappa shape index (κ3) is 3.69. The van der Waals surface area contributed by atoms with E-state index in [2.05, 4.69) is 0 Å². The van der Waals surface area contributed by atoms with Gasteiger partial charge in [0.15, 0.2) is 5.76 Å². The Balaban J connectivity index is 1.80. The van der Waals surface area contributed by atoms with E-state index in [4.69, 9.17) is 10.5 Å². The van der Waals surface area contributed by atoms with Gasteiger partial charge in [-0.3, -0.25) is 9.59 Å². The number of nitrogens with two attached hydrogens (primary N) is 1. The molecule has 0 radical (unpaired) electrons. The van der Waals surface area contributed by atoms with Gasteiger partial charge in [-0.05, 0) is 59.5 Å². The Labute approximate surface area is 151 Å². The van der Waals surface area contributed by atoms with Crippen LogP contribution in [0, 0.1) is 0 Å². The van der Waals surface area contributed by atoms with E-state index in [9.17, 15) is 14.7 Å². The summed E-state index contributed by atoms with van der Waals surface area (Å²) in [6, 6.07) is 12.7. The number of aliphatic hydroxyl groups is 1.